The van der Waals surface area contributed by atoms with Crippen molar-refractivity contribution in [1.29, 1.82) is 0 Å². The fraction of sp³-hybridized carbons (Fsp3) is 0.286. The number of thioether (sulfide) groups is 1. The molecule has 0 saturated carbocycles. The van der Waals surface area contributed by atoms with E-state index >= 15 is 0 Å². The van der Waals surface area contributed by atoms with Gasteiger partial charge >= 0.3 is 13.1 Å². The lowest BCUT2D eigenvalue weighted by Gasteiger charge is -2.29. The summed E-state index contributed by atoms with van der Waals surface area (Å²) >= 11 is 3.61. The SMILES string of the molecule is CSCC(=O)N[C@H]1Cc2ccc(Sc3nnc(N)s3)c(C(=O)O)c2OB1O. The molecule has 1 amide bonds. The number of rotatable bonds is 6. The lowest BCUT2D eigenvalue weighted by Crippen LogP contribution is -2.53. The highest BCUT2D eigenvalue weighted by molar-refractivity contribution is 8.01. The number of fused-ring (bicyclic) bond motifs is 1. The number of nitrogens with zero attached hydrogens (tertiary/aromatic N) is 2. The maximum absolute atomic E-state index is 11.8. The van der Waals surface area contributed by atoms with Crippen LogP contribution >= 0.6 is 34.9 Å². The first-order valence-electron chi connectivity index (χ1n) is 7.68. The highest BCUT2D eigenvalue weighted by Crippen LogP contribution is 2.40. The number of carboxylic acid groups (broad SMARTS) is 1. The average molecular weight is 426 g/mol. The van der Waals surface area contributed by atoms with Crippen LogP contribution in [-0.2, 0) is 11.2 Å². The highest BCUT2D eigenvalue weighted by Gasteiger charge is 2.38. The molecule has 0 aliphatic carbocycles. The second-order valence-corrected chi connectivity index (χ2v) is 8.72. The summed E-state index contributed by atoms with van der Waals surface area (Å²) in [6.07, 6.45) is 2.06. The fourth-order valence-corrected chi connectivity index (χ4v) is 4.66. The Kier molecular flexibility index (Phi) is 6.14. The molecular formula is C14H15BN4O5S3. The van der Waals surface area contributed by atoms with Crippen LogP contribution in [0.1, 0.15) is 15.9 Å². The first kappa shape index (κ1) is 19.8. The van der Waals surface area contributed by atoms with Crippen LogP contribution in [0.4, 0.5) is 5.13 Å². The van der Waals surface area contributed by atoms with Crippen LogP contribution in [0.25, 0.3) is 0 Å². The van der Waals surface area contributed by atoms with Crippen LogP contribution < -0.4 is 15.7 Å². The largest absolute Gasteiger partial charge is 0.547 e. The second kappa shape index (κ2) is 8.38. The molecule has 13 heteroatoms. The van der Waals surface area contributed by atoms with Crippen LogP contribution in [0, 0.1) is 0 Å². The Bertz CT molecular complexity index is 880. The minimum atomic E-state index is -1.35. The first-order valence-corrected chi connectivity index (χ1v) is 10.7. The summed E-state index contributed by atoms with van der Waals surface area (Å²) in [4.78, 5) is 24.0. The van der Waals surface area contributed by atoms with Crippen molar-refractivity contribution in [3.63, 3.8) is 0 Å². The van der Waals surface area contributed by atoms with Crippen molar-refractivity contribution in [3.8, 4) is 5.75 Å². The molecule has 1 atom stereocenters. The molecule has 2 heterocycles. The third-order valence-corrected chi connectivity index (χ3v) is 6.09. The predicted molar refractivity (Wildman–Crippen MR) is 104 cm³/mol. The Balaban J connectivity index is 1.89. The second-order valence-electron chi connectivity index (χ2n) is 5.56. The molecule has 1 aliphatic heterocycles. The predicted octanol–water partition coefficient (Wildman–Crippen LogP) is 0.772. The van der Waals surface area contributed by atoms with Gasteiger partial charge in [0.05, 0.1) is 11.7 Å². The van der Waals surface area contributed by atoms with Crippen LogP contribution in [0.2, 0.25) is 0 Å². The number of amides is 1. The number of nitrogen functional groups attached to an aromatic ring is 1. The maximum Gasteiger partial charge on any atom is 0.547 e. The minimum Gasteiger partial charge on any atom is -0.534 e. The molecule has 142 valence electrons. The van der Waals surface area contributed by atoms with E-state index in [9.17, 15) is 19.7 Å². The summed E-state index contributed by atoms with van der Waals surface area (Å²) in [7, 11) is -1.35. The van der Waals surface area contributed by atoms with E-state index in [1.54, 1.807) is 18.4 Å². The Morgan fingerprint density at radius 2 is 2.26 bits per heavy atom. The Morgan fingerprint density at radius 1 is 1.48 bits per heavy atom. The zero-order valence-corrected chi connectivity index (χ0v) is 16.5. The van der Waals surface area contributed by atoms with Crippen molar-refractivity contribution in [2.45, 2.75) is 21.6 Å². The lowest BCUT2D eigenvalue weighted by atomic mass is 9.72. The summed E-state index contributed by atoms with van der Waals surface area (Å²) in [5.41, 5.74) is 6.08. The number of hydrogen-bond donors (Lipinski definition) is 4. The molecule has 0 fully saturated rings. The number of nitrogens with one attached hydrogen (secondary N) is 1. The number of carbonyl (C=O) groups is 2. The van der Waals surface area contributed by atoms with E-state index in [2.05, 4.69) is 15.5 Å². The molecule has 27 heavy (non-hydrogen) atoms. The molecule has 3 rings (SSSR count). The van der Waals surface area contributed by atoms with E-state index in [1.165, 1.54) is 11.8 Å². The van der Waals surface area contributed by atoms with Gasteiger partial charge in [-0.2, -0.15) is 11.8 Å². The molecule has 1 aromatic carbocycles. The van der Waals surface area contributed by atoms with E-state index in [1.807, 2.05) is 0 Å². The molecule has 9 nitrogen and oxygen atoms in total. The molecule has 0 spiro atoms. The fourth-order valence-electron chi connectivity index (χ4n) is 2.59. The Hall–Kier alpha value is -1.96. The third kappa shape index (κ3) is 4.48. The van der Waals surface area contributed by atoms with E-state index in [4.69, 9.17) is 10.4 Å². The number of carbonyl (C=O) groups excluding carboxylic acids is 1. The van der Waals surface area contributed by atoms with Crippen molar-refractivity contribution < 1.29 is 24.4 Å². The number of anilines is 1. The topological polar surface area (TPSA) is 148 Å². The van der Waals surface area contributed by atoms with Gasteiger partial charge in [0.15, 0.2) is 4.34 Å². The number of benzene rings is 1. The summed E-state index contributed by atoms with van der Waals surface area (Å²) in [6, 6.07) is 3.36. The van der Waals surface area contributed by atoms with Gasteiger partial charge in [-0.3, -0.25) is 4.79 Å². The van der Waals surface area contributed by atoms with Crippen molar-refractivity contribution >= 4 is 59.0 Å². The lowest BCUT2D eigenvalue weighted by molar-refractivity contribution is -0.118. The van der Waals surface area contributed by atoms with Gasteiger partial charge in [0.1, 0.15) is 11.3 Å². The van der Waals surface area contributed by atoms with Gasteiger partial charge in [0.2, 0.25) is 11.0 Å². The molecule has 0 saturated heterocycles. The summed E-state index contributed by atoms with van der Waals surface area (Å²) in [5, 5.41) is 30.5. The molecular weight excluding hydrogens is 411 g/mol. The van der Waals surface area contributed by atoms with Gasteiger partial charge < -0.3 is 25.8 Å². The third-order valence-electron chi connectivity index (χ3n) is 3.68. The highest BCUT2D eigenvalue weighted by atomic mass is 32.2. The summed E-state index contributed by atoms with van der Waals surface area (Å²) in [5.74, 6) is -1.72. The number of aromatic nitrogens is 2. The van der Waals surface area contributed by atoms with Gasteiger partial charge in [0, 0.05) is 4.90 Å². The van der Waals surface area contributed by atoms with Crippen LogP contribution in [0.3, 0.4) is 0 Å². The monoisotopic (exact) mass is 426 g/mol. The van der Waals surface area contributed by atoms with Crippen molar-refractivity contribution in [2.24, 2.45) is 0 Å². The average Bonchev–Trinajstić information content (AvgIpc) is 3.00. The molecule has 2 aromatic rings. The quantitative estimate of drug-likeness (QED) is 0.488. The maximum atomic E-state index is 11.8. The van der Waals surface area contributed by atoms with E-state index < -0.39 is 19.0 Å². The van der Waals surface area contributed by atoms with E-state index in [0.717, 1.165) is 23.1 Å². The molecule has 1 aromatic heterocycles. The number of carboxylic acids is 1. The standard InChI is InChI=1S/C14H15BN4O5S3/c1-25-5-9(20)17-8-4-6-2-3-7(26-14-19-18-13(16)27-14)10(12(21)22)11(6)24-15(8)23/h2-3,8,23H,4-5H2,1H3,(H2,16,18)(H,17,20)(H,21,22)/t8-/m0/s1. The van der Waals surface area contributed by atoms with Crippen molar-refractivity contribution in [2.75, 3.05) is 17.7 Å². The smallest absolute Gasteiger partial charge is 0.534 e. The molecule has 0 unspecified atom stereocenters. The van der Waals surface area contributed by atoms with Gasteiger partial charge in [-0.05, 0) is 24.3 Å². The van der Waals surface area contributed by atoms with Crippen molar-refractivity contribution in [1.82, 2.24) is 15.5 Å². The van der Waals surface area contributed by atoms with Gasteiger partial charge in [-0.25, -0.2) is 4.79 Å². The Morgan fingerprint density at radius 3 is 2.89 bits per heavy atom. The molecule has 1 aliphatic rings. The number of hydrogen-bond acceptors (Lipinski definition) is 10. The molecule has 0 bridgehead atoms. The van der Waals surface area contributed by atoms with Gasteiger partial charge in [-0.1, -0.05) is 29.2 Å². The van der Waals surface area contributed by atoms with E-state index in [0.29, 0.717) is 14.8 Å². The van der Waals surface area contributed by atoms with Crippen LogP contribution in [0.5, 0.6) is 5.75 Å². The summed E-state index contributed by atoms with van der Waals surface area (Å²) in [6.45, 7) is 0. The zero-order valence-electron chi connectivity index (χ0n) is 14.0. The van der Waals surface area contributed by atoms with Crippen molar-refractivity contribution in [3.05, 3.63) is 23.3 Å². The number of nitrogens with two attached hydrogens (primary N) is 1. The van der Waals surface area contributed by atoms with Gasteiger partial charge in [-0.15, -0.1) is 10.2 Å². The van der Waals surface area contributed by atoms with E-state index in [-0.39, 0.29) is 34.5 Å². The van der Waals surface area contributed by atoms with Crippen LogP contribution in [-0.4, -0.2) is 57.3 Å². The molecule has 5 N–H and O–H groups in total. The van der Waals surface area contributed by atoms with Gasteiger partial charge in [0.25, 0.3) is 0 Å². The summed E-state index contributed by atoms with van der Waals surface area (Å²) < 4.78 is 5.98. The minimum absolute atomic E-state index is 0.0702. The van der Waals surface area contributed by atoms with Crippen LogP contribution in [0.15, 0.2) is 21.4 Å². The Labute approximate surface area is 167 Å². The first-order chi connectivity index (χ1) is 12.9. The normalized spacial score (nSPS) is 15.8. The number of aromatic carboxylic acids is 1. The zero-order chi connectivity index (χ0) is 19.6. The molecule has 0 radical (unpaired) electrons.